The molecule has 1 amide bonds. The highest BCUT2D eigenvalue weighted by Gasteiger charge is 2.49. The van der Waals surface area contributed by atoms with Crippen molar-refractivity contribution in [3.05, 3.63) is 0 Å². The average molecular weight is 208 g/mol. The van der Waals surface area contributed by atoms with E-state index < -0.39 is 34.3 Å². The first-order valence-corrected chi connectivity index (χ1v) is 5.10. The molecule has 1 fully saturated rings. The van der Waals surface area contributed by atoms with E-state index in [9.17, 15) is 17.8 Å². The number of nitrogens with zero attached hydrogens (tertiary/aromatic N) is 1. The fourth-order valence-electron chi connectivity index (χ4n) is 1.54. The van der Waals surface area contributed by atoms with Crippen LogP contribution in [0.4, 0.5) is 0 Å². The summed E-state index contributed by atoms with van der Waals surface area (Å²) in [7, 11) is -4.71. The molecule has 1 N–H and O–H groups in total. The molecule has 1 heterocycles. The van der Waals surface area contributed by atoms with Crippen molar-refractivity contribution in [3.8, 4) is 0 Å². The highest BCUT2D eigenvalue weighted by Crippen LogP contribution is 2.31. The summed E-state index contributed by atoms with van der Waals surface area (Å²) in [5.74, 6) is -1.60. The van der Waals surface area contributed by atoms with Crippen molar-refractivity contribution in [2.75, 3.05) is 0 Å². The van der Waals surface area contributed by atoms with Gasteiger partial charge in [0.2, 0.25) is 5.91 Å². The molecule has 0 unspecified atom stereocenters. The summed E-state index contributed by atoms with van der Waals surface area (Å²) in [6.07, 6.45) is -0.930. The van der Waals surface area contributed by atoms with Crippen molar-refractivity contribution < 1.29 is 22.9 Å². The Bertz CT molecular complexity index is 322. The van der Waals surface area contributed by atoms with E-state index in [1.54, 1.807) is 0 Å². The van der Waals surface area contributed by atoms with E-state index in [0.29, 0.717) is 0 Å². The second-order valence-corrected chi connectivity index (χ2v) is 4.35. The molecule has 1 saturated heterocycles. The summed E-state index contributed by atoms with van der Waals surface area (Å²) >= 11 is 0. The van der Waals surface area contributed by atoms with Gasteiger partial charge in [-0.25, -0.2) is 12.7 Å². The molecule has 0 aliphatic carbocycles. The molecule has 0 radical (unpaired) electrons. The van der Waals surface area contributed by atoms with Crippen LogP contribution in [0.15, 0.2) is 0 Å². The van der Waals surface area contributed by atoms with Gasteiger partial charge in [-0.1, -0.05) is 0 Å². The minimum atomic E-state index is -4.71. The van der Waals surface area contributed by atoms with Gasteiger partial charge in [0, 0.05) is 0 Å². The van der Waals surface area contributed by atoms with Crippen LogP contribution in [0, 0.1) is 5.92 Å². The number of aliphatic hydroxyl groups excluding tert-OH is 1. The zero-order chi connectivity index (χ0) is 10.4. The molecular formula is C6H10NO5S-. The third-order valence-electron chi connectivity index (χ3n) is 2.15. The lowest BCUT2D eigenvalue weighted by Gasteiger charge is -2.46. The van der Waals surface area contributed by atoms with Gasteiger partial charge < -0.3 is 9.66 Å². The lowest BCUT2D eigenvalue weighted by atomic mass is 9.87. The van der Waals surface area contributed by atoms with Gasteiger partial charge in [0.05, 0.1) is 18.1 Å². The largest absolute Gasteiger partial charge is 0.731 e. The maximum absolute atomic E-state index is 11.0. The van der Waals surface area contributed by atoms with Crippen LogP contribution in [0.5, 0.6) is 0 Å². The van der Waals surface area contributed by atoms with Crippen LogP contribution in [0.25, 0.3) is 0 Å². The minimum absolute atomic E-state index is 0.254. The number of rotatable bonds is 2. The van der Waals surface area contributed by atoms with Gasteiger partial charge in [0.15, 0.2) is 10.3 Å². The first kappa shape index (κ1) is 10.4. The fraction of sp³-hybridized carbons (Fsp3) is 0.833. The van der Waals surface area contributed by atoms with E-state index in [4.69, 9.17) is 5.11 Å². The van der Waals surface area contributed by atoms with Crippen LogP contribution in [0.1, 0.15) is 13.8 Å². The molecule has 76 valence electrons. The molecule has 0 spiro atoms. The quantitative estimate of drug-likeness (QED) is 0.448. The SMILES string of the molecule is C[C@H](O)[C@@H]1C(=O)N(S(=O)(=O)[O-])[C@@H]1C. The lowest BCUT2D eigenvalue weighted by Crippen LogP contribution is -2.64. The number of β-lactam (4-membered cyclic amide) rings is 1. The summed E-state index contributed by atoms with van der Waals surface area (Å²) < 4.78 is 31.7. The van der Waals surface area contributed by atoms with Crippen LogP contribution in [-0.4, -0.2) is 40.4 Å². The predicted octanol–water partition coefficient (Wildman–Crippen LogP) is -1.33. The second-order valence-electron chi connectivity index (χ2n) is 3.10. The summed E-state index contributed by atoms with van der Waals surface area (Å²) in [6, 6.07) is -0.741. The maximum Gasteiger partial charge on any atom is 0.243 e. The zero-order valence-corrected chi connectivity index (χ0v) is 7.98. The van der Waals surface area contributed by atoms with Crippen molar-refractivity contribution >= 4 is 16.2 Å². The molecule has 0 bridgehead atoms. The summed E-state index contributed by atoms with van der Waals surface area (Å²) in [5.41, 5.74) is 0. The third-order valence-corrected chi connectivity index (χ3v) is 3.15. The summed E-state index contributed by atoms with van der Waals surface area (Å²) in [6.45, 7) is 2.79. The standard InChI is InChI=1S/C6H11NO5S/c1-3-5(4(2)8)6(9)7(3)13(10,11)12/h3-5,8H,1-2H3,(H,10,11,12)/p-1/t3-,4+,5-/m1/s1. The molecule has 13 heavy (non-hydrogen) atoms. The number of hydrogen-bond donors (Lipinski definition) is 1. The minimum Gasteiger partial charge on any atom is -0.731 e. The van der Waals surface area contributed by atoms with Crippen molar-refractivity contribution in [1.29, 1.82) is 0 Å². The van der Waals surface area contributed by atoms with E-state index in [0.717, 1.165) is 0 Å². The molecule has 0 aromatic carbocycles. The van der Waals surface area contributed by atoms with E-state index >= 15 is 0 Å². The molecule has 7 heteroatoms. The lowest BCUT2D eigenvalue weighted by molar-refractivity contribution is -0.152. The molecule has 6 nitrogen and oxygen atoms in total. The van der Waals surface area contributed by atoms with Crippen molar-refractivity contribution in [1.82, 2.24) is 4.31 Å². The first-order valence-electron chi connectivity index (χ1n) is 3.74. The average Bonchev–Trinajstić information content (AvgIpc) is 1.81. The van der Waals surface area contributed by atoms with E-state index in [-0.39, 0.29) is 4.31 Å². The van der Waals surface area contributed by atoms with Gasteiger partial charge >= 0.3 is 0 Å². The fourth-order valence-corrected chi connectivity index (χ4v) is 2.42. The predicted molar refractivity (Wildman–Crippen MR) is 41.2 cm³/mol. The second kappa shape index (κ2) is 2.93. The number of carbonyl (C=O) groups is 1. The Hall–Kier alpha value is -0.660. The van der Waals surface area contributed by atoms with Gasteiger partial charge in [-0.3, -0.25) is 4.79 Å². The topological polar surface area (TPSA) is 97.7 Å². The number of carbonyl (C=O) groups excluding carboxylic acids is 1. The molecule has 1 aliphatic heterocycles. The van der Waals surface area contributed by atoms with Gasteiger partial charge in [-0.15, -0.1) is 0 Å². The molecule has 3 atom stereocenters. The summed E-state index contributed by atoms with van der Waals surface area (Å²) in [5, 5.41) is 9.05. The van der Waals surface area contributed by atoms with Crippen molar-refractivity contribution in [2.45, 2.75) is 26.0 Å². The Labute approximate surface area is 76.0 Å². The molecule has 0 aromatic rings. The number of amides is 1. The van der Waals surface area contributed by atoms with E-state index in [1.165, 1.54) is 13.8 Å². The first-order chi connectivity index (χ1) is 5.76. The van der Waals surface area contributed by atoms with Gasteiger partial charge in [-0.05, 0) is 13.8 Å². The van der Waals surface area contributed by atoms with E-state index in [1.807, 2.05) is 0 Å². The normalized spacial score (nSPS) is 31.4. The smallest absolute Gasteiger partial charge is 0.243 e. The monoisotopic (exact) mass is 208 g/mol. The molecular weight excluding hydrogens is 198 g/mol. The van der Waals surface area contributed by atoms with Crippen LogP contribution >= 0.6 is 0 Å². The zero-order valence-electron chi connectivity index (χ0n) is 7.17. The summed E-state index contributed by atoms with van der Waals surface area (Å²) in [4.78, 5) is 11.0. The van der Waals surface area contributed by atoms with Crippen molar-refractivity contribution in [3.63, 3.8) is 0 Å². The Morgan fingerprint density at radius 3 is 2.31 bits per heavy atom. The molecule has 1 rings (SSSR count). The molecule has 0 saturated carbocycles. The molecule has 0 aromatic heterocycles. The third kappa shape index (κ3) is 1.54. The molecule has 1 aliphatic rings. The van der Waals surface area contributed by atoms with Crippen molar-refractivity contribution in [2.24, 2.45) is 5.92 Å². The highest BCUT2D eigenvalue weighted by atomic mass is 32.2. The van der Waals surface area contributed by atoms with Crippen LogP contribution in [0.2, 0.25) is 0 Å². The van der Waals surface area contributed by atoms with Gasteiger partial charge in [0.25, 0.3) is 0 Å². The maximum atomic E-state index is 11.0. The van der Waals surface area contributed by atoms with Gasteiger partial charge in [0.1, 0.15) is 0 Å². The van der Waals surface area contributed by atoms with Crippen LogP contribution < -0.4 is 0 Å². The Kier molecular flexibility index (Phi) is 2.35. The van der Waals surface area contributed by atoms with Crippen LogP contribution in [0.3, 0.4) is 0 Å². The van der Waals surface area contributed by atoms with Gasteiger partial charge in [-0.2, -0.15) is 0 Å². The van der Waals surface area contributed by atoms with E-state index in [2.05, 4.69) is 0 Å². The highest BCUT2D eigenvalue weighted by molar-refractivity contribution is 7.84. The van der Waals surface area contributed by atoms with Crippen LogP contribution in [-0.2, 0) is 15.1 Å². The Balaban J connectivity index is 2.85. The Morgan fingerprint density at radius 2 is 2.08 bits per heavy atom. The number of aliphatic hydroxyl groups is 1. The number of hydrogen-bond acceptors (Lipinski definition) is 5. The Morgan fingerprint density at radius 1 is 1.62 bits per heavy atom.